The minimum atomic E-state index is -0.113. The summed E-state index contributed by atoms with van der Waals surface area (Å²) in [5, 5.41) is 4.29. The van der Waals surface area contributed by atoms with Crippen molar-refractivity contribution in [2.24, 2.45) is 0 Å². The molecule has 0 aliphatic carbocycles. The van der Waals surface area contributed by atoms with Crippen LogP contribution in [0, 0.1) is 5.82 Å². The highest BCUT2D eigenvalue weighted by Crippen LogP contribution is 2.34. The summed E-state index contributed by atoms with van der Waals surface area (Å²) in [5.41, 5.74) is 1.18. The van der Waals surface area contributed by atoms with Crippen molar-refractivity contribution in [1.29, 1.82) is 0 Å². The van der Waals surface area contributed by atoms with Gasteiger partial charge < -0.3 is 10.2 Å². The smallest absolute Gasteiger partial charge is 0.132 e. The molecule has 0 unspecified atom stereocenters. The molecule has 0 amide bonds. The molecule has 1 aromatic heterocycles. The van der Waals surface area contributed by atoms with Crippen LogP contribution in [0.3, 0.4) is 0 Å². The molecule has 2 rings (SSSR count). The number of hydrogen-bond donors (Lipinski definition) is 1. The van der Waals surface area contributed by atoms with E-state index >= 15 is 0 Å². The van der Waals surface area contributed by atoms with Gasteiger partial charge in [0.15, 0.2) is 0 Å². The molecule has 1 N–H and O–H groups in total. The molecular formula is C16H23FN2S. The van der Waals surface area contributed by atoms with Gasteiger partial charge in [-0.3, -0.25) is 0 Å². The molecule has 2 nitrogen and oxygen atoms in total. The van der Waals surface area contributed by atoms with E-state index in [0.29, 0.717) is 0 Å². The van der Waals surface area contributed by atoms with Crippen LogP contribution in [0.25, 0.3) is 10.1 Å². The second-order valence-corrected chi connectivity index (χ2v) is 7.59. The van der Waals surface area contributed by atoms with E-state index < -0.39 is 0 Å². The van der Waals surface area contributed by atoms with E-state index in [2.05, 4.69) is 31.0 Å². The first-order chi connectivity index (χ1) is 9.28. The summed E-state index contributed by atoms with van der Waals surface area (Å²) >= 11 is 1.69. The fraction of sp³-hybridized carbons (Fsp3) is 0.500. The highest BCUT2D eigenvalue weighted by atomic mass is 32.1. The summed E-state index contributed by atoms with van der Waals surface area (Å²) in [7, 11) is 4.04. The number of thiophene rings is 1. The van der Waals surface area contributed by atoms with Crippen molar-refractivity contribution in [3.63, 3.8) is 0 Å². The van der Waals surface area contributed by atoms with E-state index in [-0.39, 0.29) is 11.4 Å². The molecule has 0 saturated heterocycles. The average molecular weight is 294 g/mol. The second kappa shape index (κ2) is 5.80. The summed E-state index contributed by atoms with van der Waals surface area (Å²) in [6.07, 6.45) is 0. The zero-order chi connectivity index (χ0) is 14.9. The van der Waals surface area contributed by atoms with Crippen LogP contribution in [-0.4, -0.2) is 24.5 Å². The zero-order valence-corrected chi connectivity index (χ0v) is 13.7. The Balaban J connectivity index is 2.44. The minimum Gasteiger partial charge on any atom is -0.307 e. The molecule has 2 aromatic rings. The Labute approximate surface area is 124 Å². The molecule has 0 radical (unpaired) electrons. The van der Waals surface area contributed by atoms with Crippen LogP contribution < -0.4 is 5.32 Å². The molecule has 110 valence electrons. The van der Waals surface area contributed by atoms with Crippen LogP contribution in [-0.2, 0) is 13.1 Å². The lowest BCUT2D eigenvalue weighted by Gasteiger charge is -2.21. The van der Waals surface area contributed by atoms with E-state index in [9.17, 15) is 4.39 Å². The molecule has 4 heteroatoms. The summed E-state index contributed by atoms with van der Waals surface area (Å²) in [6.45, 7) is 7.99. The van der Waals surface area contributed by atoms with Crippen LogP contribution in [0.15, 0.2) is 18.2 Å². The van der Waals surface area contributed by atoms with Gasteiger partial charge in [0.25, 0.3) is 0 Å². The Hall–Kier alpha value is -0.970. The van der Waals surface area contributed by atoms with Crippen molar-refractivity contribution >= 4 is 21.4 Å². The maximum absolute atomic E-state index is 14.2. The van der Waals surface area contributed by atoms with Crippen molar-refractivity contribution in [3.8, 4) is 0 Å². The number of rotatable bonds is 4. The van der Waals surface area contributed by atoms with E-state index in [1.807, 2.05) is 20.2 Å². The fourth-order valence-electron chi connectivity index (χ4n) is 2.19. The monoisotopic (exact) mass is 294 g/mol. The van der Waals surface area contributed by atoms with Crippen LogP contribution in [0.1, 0.15) is 31.2 Å². The Morgan fingerprint density at radius 1 is 1.25 bits per heavy atom. The molecule has 0 bridgehead atoms. The van der Waals surface area contributed by atoms with Gasteiger partial charge >= 0.3 is 0 Å². The maximum Gasteiger partial charge on any atom is 0.132 e. The number of nitrogens with zero attached hydrogens (tertiary/aromatic N) is 1. The van der Waals surface area contributed by atoms with Gasteiger partial charge in [0, 0.05) is 33.6 Å². The number of benzene rings is 1. The second-order valence-electron chi connectivity index (χ2n) is 6.46. The Morgan fingerprint density at radius 2 is 1.95 bits per heavy atom. The molecule has 0 spiro atoms. The molecule has 0 aliphatic rings. The third kappa shape index (κ3) is 3.57. The maximum atomic E-state index is 14.2. The largest absolute Gasteiger partial charge is 0.307 e. The zero-order valence-electron chi connectivity index (χ0n) is 12.9. The van der Waals surface area contributed by atoms with Gasteiger partial charge in [-0.25, -0.2) is 4.39 Å². The van der Waals surface area contributed by atoms with E-state index in [1.54, 1.807) is 23.5 Å². The van der Waals surface area contributed by atoms with Crippen molar-refractivity contribution in [2.75, 3.05) is 14.1 Å². The number of hydrogen-bond acceptors (Lipinski definition) is 3. The fourth-order valence-corrected chi connectivity index (χ4v) is 3.36. The first kappa shape index (κ1) is 15.4. The van der Waals surface area contributed by atoms with Gasteiger partial charge in [0.05, 0.1) is 0 Å². The highest BCUT2D eigenvalue weighted by Gasteiger charge is 2.17. The number of fused-ring (bicyclic) bond motifs is 1. The lowest BCUT2D eigenvalue weighted by Crippen LogP contribution is -2.35. The van der Waals surface area contributed by atoms with Crippen LogP contribution >= 0.6 is 11.3 Å². The van der Waals surface area contributed by atoms with E-state index in [1.165, 1.54) is 4.88 Å². The van der Waals surface area contributed by atoms with E-state index in [4.69, 9.17) is 0 Å². The van der Waals surface area contributed by atoms with Crippen LogP contribution in [0.4, 0.5) is 4.39 Å². The molecule has 1 heterocycles. The van der Waals surface area contributed by atoms with Gasteiger partial charge in [-0.15, -0.1) is 11.3 Å². The van der Waals surface area contributed by atoms with Gasteiger partial charge in [0.2, 0.25) is 0 Å². The number of halogens is 1. The standard InChI is InChI=1S/C16H23FN2S/c1-16(2,3)18-9-14-11(10-19(4)5)15-12(17)7-6-8-13(15)20-14/h6-8,18H,9-10H2,1-5H3. The van der Waals surface area contributed by atoms with Crippen LogP contribution in [0.2, 0.25) is 0 Å². The van der Waals surface area contributed by atoms with Crippen molar-refractivity contribution in [2.45, 2.75) is 39.4 Å². The summed E-state index contributed by atoms with van der Waals surface area (Å²) < 4.78 is 15.2. The minimum absolute atomic E-state index is 0.0596. The first-order valence-electron chi connectivity index (χ1n) is 6.86. The van der Waals surface area contributed by atoms with Crippen molar-refractivity contribution < 1.29 is 4.39 Å². The Kier molecular flexibility index (Phi) is 4.47. The summed E-state index contributed by atoms with van der Waals surface area (Å²) in [5.74, 6) is -0.113. The molecule has 20 heavy (non-hydrogen) atoms. The molecule has 0 saturated carbocycles. The van der Waals surface area contributed by atoms with E-state index in [0.717, 1.165) is 28.7 Å². The molecule has 0 aliphatic heterocycles. The lowest BCUT2D eigenvalue weighted by atomic mass is 10.1. The molecular weight excluding hydrogens is 271 g/mol. The topological polar surface area (TPSA) is 15.3 Å². The molecule has 0 fully saturated rings. The summed E-state index contributed by atoms with van der Waals surface area (Å²) in [4.78, 5) is 3.32. The molecule has 0 atom stereocenters. The predicted molar refractivity (Wildman–Crippen MR) is 85.8 cm³/mol. The third-order valence-corrected chi connectivity index (χ3v) is 4.30. The quantitative estimate of drug-likeness (QED) is 0.917. The van der Waals surface area contributed by atoms with Crippen molar-refractivity contribution in [3.05, 3.63) is 34.5 Å². The van der Waals surface area contributed by atoms with Gasteiger partial charge in [0.1, 0.15) is 5.82 Å². The third-order valence-electron chi connectivity index (χ3n) is 3.10. The Bertz CT molecular complexity index is 596. The van der Waals surface area contributed by atoms with Crippen LogP contribution in [0.5, 0.6) is 0 Å². The average Bonchev–Trinajstić information content (AvgIpc) is 2.64. The normalized spacial score (nSPS) is 12.6. The van der Waals surface area contributed by atoms with Gasteiger partial charge in [-0.05, 0) is 52.6 Å². The SMILES string of the molecule is CN(C)Cc1c(CNC(C)(C)C)sc2cccc(F)c12. The first-order valence-corrected chi connectivity index (χ1v) is 7.68. The summed E-state index contributed by atoms with van der Waals surface area (Å²) in [6, 6.07) is 5.34. The predicted octanol–water partition coefficient (Wildman–Crippen LogP) is 3.99. The van der Waals surface area contributed by atoms with Gasteiger partial charge in [-0.1, -0.05) is 6.07 Å². The van der Waals surface area contributed by atoms with Crippen molar-refractivity contribution in [1.82, 2.24) is 10.2 Å². The Morgan fingerprint density at radius 3 is 2.55 bits per heavy atom. The number of nitrogens with one attached hydrogen (secondary N) is 1. The molecule has 1 aromatic carbocycles. The van der Waals surface area contributed by atoms with Gasteiger partial charge in [-0.2, -0.15) is 0 Å². The highest BCUT2D eigenvalue weighted by molar-refractivity contribution is 7.19. The lowest BCUT2D eigenvalue weighted by molar-refractivity contribution is 0.397.